The maximum Gasteiger partial charge on any atom is 0.261 e. The zero-order chi connectivity index (χ0) is 77.6. The summed E-state index contributed by atoms with van der Waals surface area (Å²) in [5.41, 5.74) is 6.47. The van der Waals surface area contributed by atoms with Crippen molar-refractivity contribution in [2.45, 2.75) is 466 Å². The summed E-state index contributed by atoms with van der Waals surface area (Å²) in [7, 11) is 0. The van der Waals surface area contributed by atoms with Crippen molar-refractivity contribution in [3.8, 4) is 9.75 Å². The van der Waals surface area contributed by atoms with Gasteiger partial charge < -0.3 is 9.80 Å². The molecule has 0 saturated heterocycles. The quantitative estimate of drug-likeness (QED) is 0.0357. The van der Waals surface area contributed by atoms with E-state index in [2.05, 4.69) is 135 Å². The lowest BCUT2D eigenvalue weighted by Gasteiger charge is -2.29. The van der Waals surface area contributed by atoms with E-state index in [1.54, 1.807) is 41.4 Å². The number of aryl methyl sites for hydroxylation is 4. The number of amides is 2. The zero-order valence-electron chi connectivity index (χ0n) is 72.3. The molecular weight excluding hydrogens is 1450 g/mol. The normalized spacial score (nSPS) is 14.1. The molecule has 8 heterocycles. The maximum atomic E-state index is 16.5. The molecule has 6 aromatic heterocycles. The molecule has 0 bridgehead atoms. The first kappa shape index (κ1) is 92.9. The molecule has 0 saturated carbocycles. The van der Waals surface area contributed by atoms with Crippen molar-refractivity contribution >= 4 is 119 Å². The van der Waals surface area contributed by atoms with E-state index in [4.69, 9.17) is 0 Å². The Balaban J connectivity index is 1.11. The maximum absolute atomic E-state index is 16.5. The second kappa shape index (κ2) is 55.9. The van der Waals surface area contributed by atoms with Crippen LogP contribution < -0.4 is 0 Å². The van der Waals surface area contributed by atoms with Gasteiger partial charge in [0.05, 0.1) is 60.5 Å². The predicted molar refractivity (Wildman–Crippen MR) is 500 cm³/mol. The van der Waals surface area contributed by atoms with Gasteiger partial charge in [-0.15, -0.1) is 68.0 Å². The zero-order valence-corrected chi connectivity index (χ0v) is 77.2. The van der Waals surface area contributed by atoms with Crippen molar-refractivity contribution in [2.75, 3.05) is 13.1 Å². The summed E-state index contributed by atoms with van der Waals surface area (Å²) in [5.74, 6) is 0.948. The summed E-state index contributed by atoms with van der Waals surface area (Å²) in [6, 6.07) is 9.28. The number of fused-ring (bicyclic) bond motifs is 6. The highest BCUT2D eigenvalue weighted by molar-refractivity contribution is 7.45. The minimum Gasteiger partial charge on any atom is -0.306 e. The van der Waals surface area contributed by atoms with Crippen molar-refractivity contribution in [1.82, 2.24) is 9.80 Å². The highest BCUT2D eigenvalue weighted by Crippen LogP contribution is 2.57. The molecule has 0 spiro atoms. The van der Waals surface area contributed by atoms with Gasteiger partial charge in [0.1, 0.15) is 0 Å². The SMILES string of the molecule is CCCCCCCCCCCCCCCCCc1c(C)sc2c1sc1c3sc(-c4ccc(C5=C6C(=O)N(CC(CCCCCCCC)CCCCCCCCCC)C(c7ccc(C)s7)=C6C(=O)N5CC(CCCCCCCC)CCCCCCCCCC)s4)c(CCCCCCCCCCCCCCCCC)c3sc21. The third-order valence-electron chi connectivity index (χ3n) is 25.2. The molecule has 0 radical (unpaired) electrons. The van der Waals surface area contributed by atoms with E-state index < -0.39 is 0 Å². The number of hydrogen-bond donors (Lipinski definition) is 0. The Labute approximate surface area is 700 Å². The van der Waals surface area contributed by atoms with E-state index in [1.165, 1.54) is 408 Å². The van der Waals surface area contributed by atoms with E-state index in [-0.39, 0.29) is 11.8 Å². The average molecular weight is 1620 g/mol. The molecule has 0 N–H and O–H groups in total. The lowest BCUT2D eigenvalue weighted by atomic mass is 9.93. The lowest BCUT2D eigenvalue weighted by molar-refractivity contribution is -0.124. The number of hydrogen-bond acceptors (Lipinski definition) is 8. The van der Waals surface area contributed by atoms with E-state index in [0.29, 0.717) is 36.1 Å². The van der Waals surface area contributed by atoms with Crippen LogP contribution in [0.1, 0.15) is 470 Å². The van der Waals surface area contributed by atoms with Crippen LogP contribution in [0.3, 0.4) is 0 Å². The fraction of sp³-hybridized carbons (Fsp3) is 0.760. The van der Waals surface area contributed by atoms with Gasteiger partial charge in [-0.05, 0) is 112 Å². The molecule has 8 rings (SSSR count). The minimum absolute atomic E-state index is 0.0843. The van der Waals surface area contributed by atoms with E-state index in [9.17, 15) is 0 Å². The largest absolute Gasteiger partial charge is 0.306 e. The average Bonchev–Trinajstić information content (AvgIpc) is 1.56. The Bertz CT molecular complexity index is 3500. The molecule has 620 valence electrons. The van der Waals surface area contributed by atoms with Gasteiger partial charge in [0.25, 0.3) is 11.8 Å². The summed E-state index contributed by atoms with van der Waals surface area (Å²) in [4.78, 5) is 45.1. The summed E-state index contributed by atoms with van der Waals surface area (Å²) in [5, 5.41) is 0. The van der Waals surface area contributed by atoms with E-state index >= 15 is 9.59 Å². The van der Waals surface area contributed by atoms with Gasteiger partial charge in [-0.3, -0.25) is 9.59 Å². The van der Waals surface area contributed by atoms with Crippen LogP contribution in [-0.2, 0) is 22.4 Å². The molecule has 4 nitrogen and oxygen atoms in total. The molecule has 0 aromatic carbocycles. The molecule has 110 heavy (non-hydrogen) atoms. The van der Waals surface area contributed by atoms with Crippen LogP contribution >= 0.6 is 68.0 Å². The molecule has 2 atom stereocenters. The third-order valence-corrected chi connectivity index (χ3v) is 33.0. The van der Waals surface area contributed by atoms with Crippen LogP contribution in [0.5, 0.6) is 0 Å². The van der Waals surface area contributed by atoms with Crippen molar-refractivity contribution < 1.29 is 9.59 Å². The van der Waals surface area contributed by atoms with Gasteiger partial charge in [-0.25, -0.2) is 0 Å². The minimum atomic E-state index is 0.0843. The Morgan fingerprint density at radius 2 is 0.527 bits per heavy atom. The Morgan fingerprint density at radius 3 is 0.855 bits per heavy atom. The highest BCUT2D eigenvalue weighted by atomic mass is 32.1. The number of carbonyl (C=O) groups excluding carboxylic acids is 2. The molecule has 0 aliphatic carbocycles. The first-order valence-electron chi connectivity index (χ1n) is 47.9. The van der Waals surface area contributed by atoms with Crippen LogP contribution in [0.25, 0.3) is 49.3 Å². The molecular formula is C100H162N2O2S6. The van der Waals surface area contributed by atoms with Crippen LogP contribution in [0.2, 0.25) is 0 Å². The van der Waals surface area contributed by atoms with Gasteiger partial charge in [-0.1, -0.05) is 401 Å². The Hall–Kier alpha value is -2.60. The third kappa shape index (κ3) is 30.7. The molecule has 2 aliphatic heterocycles. The van der Waals surface area contributed by atoms with Crippen LogP contribution in [0.15, 0.2) is 35.4 Å². The number of nitrogens with zero attached hydrogens (tertiary/aromatic N) is 2. The van der Waals surface area contributed by atoms with Crippen molar-refractivity contribution in [1.29, 1.82) is 0 Å². The first-order valence-corrected chi connectivity index (χ1v) is 52.8. The summed E-state index contributed by atoms with van der Waals surface area (Å²) in [6.07, 6.45) is 85.0. The number of carbonyl (C=O) groups is 2. The Morgan fingerprint density at radius 1 is 0.264 bits per heavy atom. The van der Waals surface area contributed by atoms with Crippen molar-refractivity contribution in [3.05, 3.63) is 66.0 Å². The second-order valence-electron chi connectivity index (χ2n) is 34.8. The van der Waals surface area contributed by atoms with E-state index in [1.807, 2.05) is 11.3 Å². The smallest absolute Gasteiger partial charge is 0.261 e. The fourth-order valence-electron chi connectivity index (χ4n) is 18.3. The predicted octanol–water partition coefficient (Wildman–Crippen LogP) is 36.2. The molecule has 6 aromatic rings. The molecule has 2 aliphatic rings. The molecule has 0 fully saturated rings. The second-order valence-corrected chi connectivity index (χ2v) is 41.5. The molecule has 2 unspecified atom stereocenters. The first-order chi connectivity index (χ1) is 54.2. The fourth-order valence-corrected chi connectivity index (χ4v) is 26.6. The van der Waals surface area contributed by atoms with Crippen LogP contribution in [-0.4, -0.2) is 34.7 Å². The number of thiophene rings is 6. The van der Waals surface area contributed by atoms with Crippen molar-refractivity contribution in [2.24, 2.45) is 11.8 Å². The topological polar surface area (TPSA) is 40.6 Å². The van der Waals surface area contributed by atoms with Crippen LogP contribution in [0, 0.1) is 25.7 Å². The van der Waals surface area contributed by atoms with Gasteiger partial charge in [0.2, 0.25) is 0 Å². The summed E-state index contributed by atoms with van der Waals surface area (Å²) < 4.78 is 9.25. The highest BCUT2D eigenvalue weighted by Gasteiger charge is 2.50. The van der Waals surface area contributed by atoms with Gasteiger partial charge in [-0.2, -0.15) is 0 Å². The Kier molecular flexibility index (Phi) is 47.2. The van der Waals surface area contributed by atoms with E-state index in [0.717, 1.165) is 53.3 Å². The number of rotatable bonds is 71. The van der Waals surface area contributed by atoms with Gasteiger partial charge in [0.15, 0.2) is 0 Å². The molecule has 2 amide bonds. The van der Waals surface area contributed by atoms with Crippen LogP contribution in [0.4, 0.5) is 0 Å². The standard InChI is InChI=1S/C100H162N2O2S6/c1-9-15-21-27-33-37-39-41-43-45-47-49-53-59-65-71-83-80(8)106-95-93(83)109-98-96-94(110-97(95)98)84(72-66-60-54-50-48-46-44-42-40-38-34-28-22-16-10-2)92(108-96)87-76-75-86(107-87)91-89-88(99(103)102(91)78-82(68-62-56-32-26-20-14-6)70-64-58-52-36-30-24-18-12-4)90(85-74-73-79(7)105-85)101(100(89)104)77-81(67-61-55-31-25-19-13-5)69-63-57-51-35-29-23-17-11-3/h73-76,81-82H,9-72,77-78H2,1-8H3. The summed E-state index contributed by atoms with van der Waals surface area (Å²) >= 11 is 12.1. The van der Waals surface area contributed by atoms with Gasteiger partial charge >= 0.3 is 0 Å². The summed E-state index contributed by atoms with van der Waals surface area (Å²) in [6.45, 7) is 19.9. The number of unbranched alkanes of at least 4 members (excludes halogenated alkanes) is 52. The lowest BCUT2D eigenvalue weighted by Crippen LogP contribution is -2.34. The van der Waals surface area contributed by atoms with Crippen molar-refractivity contribution in [3.63, 3.8) is 0 Å². The monoisotopic (exact) mass is 1620 g/mol. The molecule has 10 heteroatoms. The van der Waals surface area contributed by atoms with Gasteiger partial charge in [0, 0.05) is 32.6 Å².